The lowest BCUT2D eigenvalue weighted by atomic mass is 10.1. The molecule has 0 fully saturated rings. The third-order valence-corrected chi connectivity index (χ3v) is 6.46. The van der Waals surface area contributed by atoms with Crippen molar-refractivity contribution < 1.29 is 0 Å². The highest BCUT2D eigenvalue weighted by atomic mass is 32.1. The Kier molecular flexibility index (Phi) is 7.04. The van der Waals surface area contributed by atoms with Crippen LogP contribution in [0.3, 0.4) is 0 Å². The monoisotopic (exact) mass is 503 g/mol. The first-order chi connectivity index (χ1) is 16.6. The lowest BCUT2D eigenvalue weighted by Crippen LogP contribution is -2.21. The van der Waals surface area contributed by atoms with Crippen molar-refractivity contribution in [3.63, 3.8) is 0 Å². The van der Waals surface area contributed by atoms with Gasteiger partial charge >= 0.3 is 0 Å². The van der Waals surface area contributed by atoms with Gasteiger partial charge in [0.1, 0.15) is 5.82 Å². The summed E-state index contributed by atoms with van der Waals surface area (Å²) in [5, 5.41) is 11.0. The number of hydrogen-bond donors (Lipinski definition) is 1. The molecule has 1 aromatic carbocycles. The van der Waals surface area contributed by atoms with Gasteiger partial charge in [-0.05, 0) is 30.7 Å². The fraction of sp³-hybridized carbons (Fsp3) is 0.120. The van der Waals surface area contributed by atoms with Gasteiger partial charge in [0.2, 0.25) is 0 Å². The summed E-state index contributed by atoms with van der Waals surface area (Å²) in [5.41, 5.74) is 10.2. The van der Waals surface area contributed by atoms with E-state index < -0.39 is 0 Å². The molecule has 5 aromatic heterocycles. The van der Waals surface area contributed by atoms with Crippen LogP contribution in [0.15, 0.2) is 83.5 Å². The van der Waals surface area contributed by atoms with Crippen LogP contribution >= 0.6 is 24.8 Å². The molecular formula is C25H25N7OS2. The van der Waals surface area contributed by atoms with Gasteiger partial charge in [-0.15, -0.1) is 11.3 Å². The minimum absolute atomic E-state index is 0. The van der Waals surface area contributed by atoms with Crippen molar-refractivity contribution in [3.05, 3.63) is 94.7 Å². The number of rotatable bonds is 3. The van der Waals surface area contributed by atoms with Crippen LogP contribution in [0.5, 0.6) is 0 Å². The van der Waals surface area contributed by atoms with Gasteiger partial charge in [0.15, 0.2) is 5.65 Å². The molecule has 0 aliphatic rings. The second-order valence-electron chi connectivity index (χ2n) is 7.73. The Balaban J connectivity index is 0.000000220. The van der Waals surface area contributed by atoms with E-state index >= 15 is 0 Å². The Morgan fingerprint density at radius 3 is 2.54 bits per heavy atom. The van der Waals surface area contributed by atoms with Gasteiger partial charge in [-0.25, -0.2) is 4.98 Å². The number of anilines is 1. The molecule has 0 unspecified atom stereocenters. The van der Waals surface area contributed by atoms with Crippen LogP contribution in [0, 0.1) is 0 Å². The number of hydrogen-bond acceptors (Lipinski definition) is 6. The third-order valence-electron chi connectivity index (χ3n) is 5.53. The molecule has 8 nitrogen and oxygen atoms in total. The molecule has 0 bridgehead atoms. The minimum Gasteiger partial charge on any atom is -0.384 e. The van der Waals surface area contributed by atoms with Gasteiger partial charge in [0, 0.05) is 58.1 Å². The van der Waals surface area contributed by atoms with Crippen molar-refractivity contribution >= 4 is 46.4 Å². The van der Waals surface area contributed by atoms with E-state index in [1.165, 1.54) is 0 Å². The topological polar surface area (TPSA) is 96.0 Å². The number of aryl methyl sites for hydroxylation is 2. The molecule has 2 N–H and O–H groups in total. The molecule has 6 aromatic rings. The highest BCUT2D eigenvalue weighted by Crippen LogP contribution is 2.32. The third kappa shape index (κ3) is 4.58. The average Bonchev–Trinajstić information content (AvgIpc) is 3.60. The van der Waals surface area contributed by atoms with E-state index in [0.29, 0.717) is 5.82 Å². The number of thiophene rings is 1. The van der Waals surface area contributed by atoms with Gasteiger partial charge in [0.05, 0.1) is 17.8 Å². The van der Waals surface area contributed by atoms with Crippen LogP contribution in [-0.4, -0.2) is 28.9 Å². The van der Waals surface area contributed by atoms with E-state index in [4.69, 9.17) is 5.73 Å². The van der Waals surface area contributed by atoms with Crippen LogP contribution in [0.2, 0.25) is 0 Å². The molecule has 0 atom stereocenters. The molecule has 0 aliphatic carbocycles. The first-order valence-corrected chi connectivity index (χ1v) is 11.7. The summed E-state index contributed by atoms with van der Waals surface area (Å²) in [6.45, 7) is 2.08. The highest BCUT2D eigenvalue weighted by molar-refractivity contribution is 7.59. The summed E-state index contributed by atoms with van der Waals surface area (Å²) in [7, 11) is 1.88. The van der Waals surface area contributed by atoms with Crippen molar-refractivity contribution in [2.24, 2.45) is 7.05 Å². The molecular weight excluding hydrogens is 478 g/mol. The second-order valence-corrected chi connectivity index (χ2v) is 8.64. The number of fused-ring (bicyclic) bond motifs is 2. The Labute approximate surface area is 212 Å². The molecule has 0 radical (unpaired) electrons. The summed E-state index contributed by atoms with van der Waals surface area (Å²) in [4.78, 5) is 17.3. The number of nitrogens with two attached hydrogens (primary N) is 1. The zero-order valence-corrected chi connectivity index (χ0v) is 21.1. The number of pyridine rings is 1. The van der Waals surface area contributed by atoms with Crippen molar-refractivity contribution in [3.8, 4) is 16.8 Å². The Morgan fingerprint density at radius 1 is 1.06 bits per heavy atom. The smallest absolute Gasteiger partial charge is 0.264 e. The van der Waals surface area contributed by atoms with Crippen LogP contribution in [0.25, 0.3) is 32.5 Å². The maximum atomic E-state index is 13.3. The van der Waals surface area contributed by atoms with Gasteiger partial charge < -0.3 is 5.73 Å². The predicted molar refractivity (Wildman–Crippen MR) is 147 cm³/mol. The van der Waals surface area contributed by atoms with Gasteiger partial charge in [0.25, 0.3) is 5.56 Å². The zero-order chi connectivity index (χ0) is 23.7. The standard InChI is InChI=1S/C19H17N3OS.C6H6N4.H2S/c1-3-14-9-17-18(16(12-24-17)13-10-20-21(2)11-13)19(23)22(14)15-7-5-4-6-8-15;7-5-1-3-8-6-2-4-9-10(5)6;/h4-12H,3H2,1-2H3;1-4H,7H2;1H2. The van der Waals surface area contributed by atoms with Crippen LogP contribution in [0.1, 0.15) is 12.6 Å². The van der Waals surface area contributed by atoms with Crippen LogP contribution < -0.4 is 11.3 Å². The Bertz CT molecular complexity index is 1650. The van der Waals surface area contributed by atoms with E-state index in [1.807, 2.05) is 54.3 Å². The fourth-order valence-corrected chi connectivity index (χ4v) is 4.92. The molecule has 178 valence electrons. The lowest BCUT2D eigenvalue weighted by Gasteiger charge is -2.12. The van der Waals surface area contributed by atoms with Gasteiger partial charge in [-0.1, -0.05) is 25.1 Å². The summed E-state index contributed by atoms with van der Waals surface area (Å²) in [6.07, 6.45) is 7.88. The van der Waals surface area contributed by atoms with Crippen molar-refractivity contribution in [2.75, 3.05) is 5.73 Å². The van der Waals surface area contributed by atoms with E-state index in [9.17, 15) is 4.79 Å². The van der Waals surface area contributed by atoms with Crippen LogP contribution in [0.4, 0.5) is 5.82 Å². The van der Waals surface area contributed by atoms with E-state index in [2.05, 4.69) is 33.6 Å². The van der Waals surface area contributed by atoms with E-state index in [0.717, 1.165) is 44.7 Å². The number of para-hydroxylation sites is 1. The average molecular weight is 504 g/mol. The van der Waals surface area contributed by atoms with Gasteiger partial charge in [-0.3, -0.25) is 14.0 Å². The SMILES string of the molecule is CCc1cc2scc(-c3cnn(C)c3)c2c(=O)n1-c1ccccc1.Nc1ccnc2ccnn12.S. The predicted octanol–water partition coefficient (Wildman–Crippen LogP) is 4.44. The molecule has 0 spiro atoms. The molecule has 5 heterocycles. The van der Waals surface area contributed by atoms with E-state index in [-0.39, 0.29) is 19.1 Å². The Hall–Kier alpha value is -3.89. The number of nitrogens with zero attached hydrogens (tertiary/aromatic N) is 6. The Morgan fingerprint density at radius 2 is 1.86 bits per heavy atom. The zero-order valence-electron chi connectivity index (χ0n) is 19.3. The number of aromatic nitrogens is 6. The normalized spacial score (nSPS) is 10.7. The maximum Gasteiger partial charge on any atom is 0.264 e. The summed E-state index contributed by atoms with van der Waals surface area (Å²) in [5.74, 6) is 0.606. The fourth-order valence-electron chi connectivity index (χ4n) is 3.90. The minimum atomic E-state index is 0. The lowest BCUT2D eigenvalue weighted by molar-refractivity contribution is 0.768. The number of benzene rings is 1. The summed E-state index contributed by atoms with van der Waals surface area (Å²) < 4.78 is 6.20. The largest absolute Gasteiger partial charge is 0.384 e. The quantitative estimate of drug-likeness (QED) is 0.385. The highest BCUT2D eigenvalue weighted by Gasteiger charge is 2.16. The molecule has 0 saturated carbocycles. The summed E-state index contributed by atoms with van der Waals surface area (Å²) >= 11 is 1.62. The second kappa shape index (κ2) is 10.2. The van der Waals surface area contributed by atoms with Crippen molar-refractivity contribution in [1.82, 2.24) is 28.9 Å². The summed E-state index contributed by atoms with van der Waals surface area (Å²) in [6, 6.07) is 15.5. The first-order valence-electron chi connectivity index (χ1n) is 10.8. The van der Waals surface area contributed by atoms with E-state index in [1.54, 1.807) is 45.1 Å². The number of nitrogen functional groups attached to an aromatic ring is 1. The molecule has 0 aliphatic heterocycles. The maximum absolute atomic E-state index is 13.3. The van der Waals surface area contributed by atoms with Crippen LogP contribution in [-0.2, 0) is 13.5 Å². The molecule has 0 amide bonds. The molecule has 10 heteroatoms. The van der Waals surface area contributed by atoms with Gasteiger partial charge in [-0.2, -0.15) is 28.2 Å². The van der Waals surface area contributed by atoms with Crippen molar-refractivity contribution in [2.45, 2.75) is 13.3 Å². The van der Waals surface area contributed by atoms with Crippen molar-refractivity contribution in [1.29, 1.82) is 0 Å². The first kappa shape index (κ1) is 24.2. The molecule has 35 heavy (non-hydrogen) atoms. The molecule has 6 rings (SSSR count). The molecule has 0 saturated heterocycles.